The third-order valence-corrected chi connectivity index (χ3v) is 4.50. The first-order valence-electron chi connectivity index (χ1n) is 5.99. The first-order valence-corrected chi connectivity index (χ1v) is 8.04. The van der Waals surface area contributed by atoms with Crippen LogP contribution in [0.2, 0.25) is 0 Å². The molecule has 2 aromatic rings. The number of carbonyl (C=O) groups is 2. The lowest BCUT2D eigenvalue weighted by Gasteiger charge is -2.06. The maximum Gasteiger partial charge on any atom is 0.347 e. The van der Waals surface area contributed by atoms with E-state index in [0.717, 1.165) is 11.3 Å². The van der Waals surface area contributed by atoms with Crippen molar-refractivity contribution in [2.75, 3.05) is 6.26 Å². The second-order valence-corrected chi connectivity index (χ2v) is 5.95. The minimum absolute atomic E-state index is 0.195. The highest BCUT2D eigenvalue weighted by Gasteiger charge is 2.16. The van der Waals surface area contributed by atoms with Crippen molar-refractivity contribution in [2.45, 2.75) is 18.5 Å². The van der Waals surface area contributed by atoms with Crippen LogP contribution in [-0.4, -0.2) is 33.2 Å². The Hall–Kier alpha value is -1.93. The van der Waals surface area contributed by atoms with E-state index in [9.17, 15) is 9.59 Å². The van der Waals surface area contributed by atoms with Crippen molar-refractivity contribution in [3.05, 3.63) is 39.5 Å². The number of thioether (sulfide) groups is 1. The number of nitrogens with one attached hydrogen (secondary N) is 1. The van der Waals surface area contributed by atoms with E-state index in [0.29, 0.717) is 21.3 Å². The minimum atomic E-state index is -1.00. The molecular formula is C13H13N3O3S2. The van der Waals surface area contributed by atoms with Gasteiger partial charge in [0, 0.05) is 6.20 Å². The Morgan fingerprint density at radius 1 is 1.48 bits per heavy atom. The fourth-order valence-corrected chi connectivity index (χ4v) is 3.09. The Balaban J connectivity index is 2.07. The van der Waals surface area contributed by atoms with Gasteiger partial charge in [-0.1, -0.05) is 0 Å². The van der Waals surface area contributed by atoms with Gasteiger partial charge >= 0.3 is 5.97 Å². The number of hydrogen-bond acceptors (Lipinski definition) is 6. The molecule has 0 unspecified atom stereocenters. The quantitative estimate of drug-likeness (QED) is 0.820. The molecule has 0 atom stereocenters. The zero-order valence-corrected chi connectivity index (χ0v) is 13.0. The number of aromatic carboxylic acids is 1. The lowest BCUT2D eigenvalue weighted by molar-refractivity contribution is 0.0701. The number of carboxylic acids is 1. The number of pyridine rings is 1. The number of amides is 1. The maximum absolute atomic E-state index is 12.1. The normalized spacial score (nSPS) is 10.4. The molecule has 0 fully saturated rings. The zero-order chi connectivity index (χ0) is 15.4. The fraction of sp³-hybridized carbons (Fsp3) is 0.231. The van der Waals surface area contributed by atoms with Gasteiger partial charge in [-0.2, -0.15) is 0 Å². The molecule has 0 aliphatic rings. The molecule has 0 radical (unpaired) electrons. The van der Waals surface area contributed by atoms with E-state index in [4.69, 9.17) is 5.11 Å². The van der Waals surface area contributed by atoms with Gasteiger partial charge in [0.15, 0.2) is 0 Å². The average Bonchev–Trinajstić information content (AvgIpc) is 2.86. The summed E-state index contributed by atoms with van der Waals surface area (Å²) in [4.78, 5) is 31.5. The molecule has 1 amide bonds. The van der Waals surface area contributed by atoms with Crippen LogP contribution in [0.15, 0.2) is 23.4 Å². The second-order valence-electron chi connectivity index (χ2n) is 4.07. The maximum atomic E-state index is 12.1. The van der Waals surface area contributed by atoms with E-state index >= 15 is 0 Å². The highest BCUT2D eigenvalue weighted by molar-refractivity contribution is 7.98. The molecule has 0 aliphatic heterocycles. The molecular weight excluding hydrogens is 310 g/mol. The average molecular weight is 323 g/mol. The highest BCUT2D eigenvalue weighted by atomic mass is 32.2. The summed E-state index contributed by atoms with van der Waals surface area (Å²) in [6, 6.07) is 3.40. The highest BCUT2D eigenvalue weighted by Crippen LogP contribution is 2.19. The molecule has 2 aromatic heterocycles. The fourth-order valence-electron chi connectivity index (χ4n) is 1.70. The van der Waals surface area contributed by atoms with Crippen LogP contribution < -0.4 is 5.32 Å². The SMILES string of the molecule is CSc1ncccc1C(=O)NCc1nc(C)c(C(=O)O)s1. The topological polar surface area (TPSA) is 92.2 Å². The standard InChI is InChI=1S/C13H13N3O3S2/c1-7-10(13(18)19)21-9(16-7)6-15-11(17)8-4-3-5-14-12(8)20-2/h3-5H,6H2,1-2H3,(H,15,17)(H,18,19). The molecule has 8 heteroatoms. The van der Waals surface area contributed by atoms with Crippen molar-refractivity contribution in [1.82, 2.24) is 15.3 Å². The van der Waals surface area contributed by atoms with Crippen LogP contribution >= 0.6 is 23.1 Å². The molecule has 2 heterocycles. The molecule has 0 spiro atoms. The number of carbonyl (C=O) groups excluding carboxylic acids is 1. The number of hydrogen-bond donors (Lipinski definition) is 2. The van der Waals surface area contributed by atoms with Crippen LogP contribution in [0.3, 0.4) is 0 Å². The van der Waals surface area contributed by atoms with E-state index in [-0.39, 0.29) is 17.3 Å². The van der Waals surface area contributed by atoms with Crippen molar-refractivity contribution in [3.63, 3.8) is 0 Å². The van der Waals surface area contributed by atoms with E-state index in [1.807, 2.05) is 6.26 Å². The Morgan fingerprint density at radius 3 is 2.86 bits per heavy atom. The predicted molar refractivity (Wildman–Crippen MR) is 81.0 cm³/mol. The number of thiazole rings is 1. The molecule has 2 N–H and O–H groups in total. The van der Waals surface area contributed by atoms with Gasteiger partial charge in [0.2, 0.25) is 0 Å². The monoisotopic (exact) mass is 323 g/mol. The summed E-state index contributed by atoms with van der Waals surface area (Å²) < 4.78 is 0. The molecule has 0 aliphatic carbocycles. The van der Waals surface area contributed by atoms with Crippen LogP contribution in [0.25, 0.3) is 0 Å². The van der Waals surface area contributed by atoms with E-state index in [2.05, 4.69) is 15.3 Å². The number of nitrogens with zero attached hydrogens (tertiary/aromatic N) is 2. The third kappa shape index (κ3) is 3.59. The first-order chi connectivity index (χ1) is 10.0. The molecule has 0 bridgehead atoms. The Bertz CT molecular complexity index is 685. The lowest BCUT2D eigenvalue weighted by atomic mass is 10.2. The number of aryl methyl sites for hydroxylation is 1. The van der Waals surface area contributed by atoms with E-state index < -0.39 is 5.97 Å². The van der Waals surface area contributed by atoms with Gasteiger partial charge in [0.05, 0.1) is 17.8 Å². The van der Waals surface area contributed by atoms with Crippen LogP contribution in [-0.2, 0) is 6.54 Å². The molecule has 0 saturated heterocycles. The Kier molecular flexibility index (Phi) is 4.92. The van der Waals surface area contributed by atoms with Gasteiger partial charge in [-0.15, -0.1) is 23.1 Å². The van der Waals surface area contributed by atoms with Gasteiger partial charge in [0.1, 0.15) is 14.9 Å². The lowest BCUT2D eigenvalue weighted by Crippen LogP contribution is -2.23. The number of aromatic nitrogens is 2. The molecule has 110 valence electrons. The summed E-state index contributed by atoms with van der Waals surface area (Å²) in [5.74, 6) is -1.25. The summed E-state index contributed by atoms with van der Waals surface area (Å²) >= 11 is 2.46. The predicted octanol–water partition coefficient (Wildman–Crippen LogP) is 2.20. The smallest absolute Gasteiger partial charge is 0.347 e. The Morgan fingerprint density at radius 2 is 2.24 bits per heavy atom. The van der Waals surface area contributed by atoms with Gasteiger partial charge in [0.25, 0.3) is 5.91 Å². The van der Waals surface area contributed by atoms with E-state index in [1.165, 1.54) is 11.8 Å². The largest absolute Gasteiger partial charge is 0.477 e. The summed E-state index contributed by atoms with van der Waals surface area (Å²) in [6.07, 6.45) is 3.48. The van der Waals surface area contributed by atoms with Crippen molar-refractivity contribution >= 4 is 35.0 Å². The molecule has 0 aromatic carbocycles. The van der Waals surface area contributed by atoms with Crippen molar-refractivity contribution in [2.24, 2.45) is 0 Å². The zero-order valence-electron chi connectivity index (χ0n) is 11.4. The third-order valence-electron chi connectivity index (χ3n) is 2.64. The van der Waals surface area contributed by atoms with Gasteiger partial charge in [-0.05, 0) is 25.3 Å². The van der Waals surface area contributed by atoms with Crippen LogP contribution in [0.4, 0.5) is 0 Å². The van der Waals surface area contributed by atoms with Crippen molar-refractivity contribution in [1.29, 1.82) is 0 Å². The van der Waals surface area contributed by atoms with Crippen LogP contribution in [0.1, 0.15) is 30.7 Å². The van der Waals surface area contributed by atoms with Gasteiger partial charge in [-0.3, -0.25) is 4.79 Å². The van der Waals surface area contributed by atoms with E-state index in [1.54, 1.807) is 25.3 Å². The molecule has 6 nitrogen and oxygen atoms in total. The van der Waals surface area contributed by atoms with Gasteiger partial charge in [-0.25, -0.2) is 14.8 Å². The molecule has 2 rings (SSSR count). The van der Waals surface area contributed by atoms with Gasteiger partial charge < -0.3 is 10.4 Å². The van der Waals surface area contributed by atoms with Crippen LogP contribution in [0, 0.1) is 6.92 Å². The number of rotatable bonds is 5. The summed E-state index contributed by atoms with van der Waals surface area (Å²) in [7, 11) is 0. The minimum Gasteiger partial charge on any atom is -0.477 e. The van der Waals surface area contributed by atoms with Crippen molar-refractivity contribution < 1.29 is 14.7 Å². The van der Waals surface area contributed by atoms with Crippen LogP contribution in [0.5, 0.6) is 0 Å². The molecule has 21 heavy (non-hydrogen) atoms. The second kappa shape index (κ2) is 6.68. The summed E-state index contributed by atoms with van der Waals surface area (Å²) in [5.41, 5.74) is 0.958. The summed E-state index contributed by atoms with van der Waals surface area (Å²) in [5, 5.41) is 12.9. The number of carboxylic acid groups (broad SMARTS) is 1. The van der Waals surface area contributed by atoms with Crippen molar-refractivity contribution in [3.8, 4) is 0 Å². The summed E-state index contributed by atoms with van der Waals surface area (Å²) in [6.45, 7) is 1.83. The molecule has 0 saturated carbocycles. The Labute approximate surface area is 129 Å². The first kappa shape index (κ1) is 15.5.